The summed E-state index contributed by atoms with van der Waals surface area (Å²) in [6, 6.07) is 42.6. The van der Waals surface area contributed by atoms with Gasteiger partial charge in [0.25, 0.3) is 0 Å². The maximum Gasteiger partial charge on any atom is 0.0715 e. The highest BCUT2D eigenvalue weighted by Crippen LogP contribution is 2.38. The maximum atomic E-state index is 4.89. The highest BCUT2D eigenvalue weighted by Gasteiger charge is 2.13. The van der Waals surface area contributed by atoms with Crippen LogP contribution in [0.1, 0.15) is 0 Å². The lowest BCUT2D eigenvalue weighted by Crippen LogP contribution is -1.90. The van der Waals surface area contributed by atoms with Gasteiger partial charge in [-0.05, 0) is 35.4 Å². The predicted octanol–water partition coefficient (Wildman–Crippen LogP) is 8.42. The van der Waals surface area contributed by atoms with Crippen molar-refractivity contribution in [2.75, 3.05) is 0 Å². The van der Waals surface area contributed by atoms with Gasteiger partial charge < -0.3 is 0 Å². The Morgan fingerprint density at radius 1 is 0.294 bits per heavy atom. The standard InChI is InChI=1S/C32H20N2/c1-5-13-27-23(9-1)31(24-10-2-6-14-28(24)33-27)21-17-19-22(20-18-21)32-25-11-3-7-15-29(25)34-30-16-8-4-12-26(30)32/h1-20H. The molecule has 0 aliphatic rings. The van der Waals surface area contributed by atoms with Crippen LogP contribution in [0, 0.1) is 0 Å². The number of rotatable bonds is 2. The molecule has 0 bridgehead atoms. The second-order valence-corrected chi connectivity index (χ2v) is 8.62. The summed E-state index contributed by atoms with van der Waals surface area (Å²) in [5, 5.41) is 4.70. The Morgan fingerprint density at radius 2 is 0.559 bits per heavy atom. The number of benzene rings is 5. The van der Waals surface area contributed by atoms with Gasteiger partial charge >= 0.3 is 0 Å². The lowest BCUT2D eigenvalue weighted by atomic mass is 9.92. The fourth-order valence-corrected chi connectivity index (χ4v) is 5.11. The zero-order valence-corrected chi connectivity index (χ0v) is 18.4. The van der Waals surface area contributed by atoms with E-state index >= 15 is 0 Å². The average molecular weight is 433 g/mol. The zero-order valence-electron chi connectivity index (χ0n) is 18.4. The van der Waals surface area contributed by atoms with Crippen LogP contribution in [0.15, 0.2) is 121 Å². The third-order valence-corrected chi connectivity index (χ3v) is 6.64. The van der Waals surface area contributed by atoms with E-state index in [4.69, 9.17) is 9.97 Å². The molecule has 2 aromatic heterocycles. The molecule has 158 valence electrons. The molecule has 0 atom stereocenters. The second kappa shape index (κ2) is 7.50. The van der Waals surface area contributed by atoms with E-state index in [1.54, 1.807) is 0 Å². The summed E-state index contributed by atoms with van der Waals surface area (Å²) >= 11 is 0. The number of hydrogen-bond donors (Lipinski definition) is 0. The molecule has 0 saturated carbocycles. The minimum absolute atomic E-state index is 1.02. The van der Waals surface area contributed by atoms with E-state index in [0.717, 1.165) is 22.1 Å². The van der Waals surface area contributed by atoms with E-state index in [1.165, 1.54) is 43.8 Å². The van der Waals surface area contributed by atoms with E-state index in [9.17, 15) is 0 Å². The van der Waals surface area contributed by atoms with Crippen molar-refractivity contribution in [3.05, 3.63) is 121 Å². The molecule has 0 saturated heterocycles. The number of fused-ring (bicyclic) bond motifs is 4. The van der Waals surface area contributed by atoms with E-state index in [-0.39, 0.29) is 0 Å². The van der Waals surface area contributed by atoms with Gasteiger partial charge in [-0.3, -0.25) is 0 Å². The van der Waals surface area contributed by atoms with Gasteiger partial charge in [0.15, 0.2) is 0 Å². The molecule has 0 aliphatic carbocycles. The van der Waals surface area contributed by atoms with Crippen molar-refractivity contribution >= 4 is 43.6 Å². The molecule has 0 spiro atoms. The molecule has 2 nitrogen and oxygen atoms in total. The van der Waals surface area contributed by atoms with E-state index in [2.05, 4.69) is 121 Å². The summed E-state index contributed by atoms with van der Waals surface area (Å²) in [6.07, 6.45) is 0. The van der Waals surface area contributed by atoms with Crippen molar-refractivity contribution in [1.29, 1.82) is 0 Å². The smallest absolute Gasteiger partial charge is 0.0715 e. The van der Waals surface area contributed by atoms with Gasteiger partial charge in [0.2, 0.25) is 0 Å². The number of nitrogens with zero attached hydrogens (tertiary/aromatic N) is 2. The second-order valence-electron chi connectivity index (χ2n) is 8.62. The molecule has 0 amide bonds. The molecule has 0 N–H and O–H groups in total. The molecule has 0 fully saturated rings. The Bertz CT molecular complexity index is 1600. The summed E-state index contributed by atoms with van der Waals surface area (Å²) in [5.41, 5.74) is 8.94. The first-order valence-corrected chi connectivity index (χ1v) is 11.5. The molecule has 5 aromatic carbocycles. The van der Waals surface area contributed by atoms with Gasteiger partial charge in [-0.25, -0.2) is 9.97 Å². The number of aromatic nitrogens is 2. The Morgan fingerprint density at radius 3 is 0.853 bits per heavy atom. The third-order valence-electron chi connectivity index (χ3n) is 6.64. The van der Waals surface area contributed by atoms with Gasteiger partial charge in [0, 0.05) is 32.7 Å². The molecular formula is C32H20N2. The maximum absolute atomic E-state index is 4.89. The summed E-state index contributed by atoms with van der Waals surface area (Å²) in [4.78, 5) is 9.78. The quantitative estimate of drug-likeness (QED) is 0.256. The Hall–Kier alpha value is -4.56. The van der Waals surface area contributed by atoms with Crippen LogP contribution in [0.4, 0.5) is 0 Å². The van der Waals surface area contributed by atoms with Gasteiger partial charge in [0.1, 0.15) is 0 Å². The van der Waals surface area contributed by atoms with E-state index in [0.29, 0.717) is 0 Å². The topological polar surface area (TPSA) is 25.8 Å². The third kappa shape index (κ3) is 2.89. The number of pyridine rings is 2. The highest BCUT2D eigenvalue weighted by molar-refractivity contribution is 6.11. The minimum atomic E-state index is 1.02. The zero-order chi connectivity index (χ0) is 22.5. The molecule has 0 radical (unpaired) electrons. The Labute approximate surface area is 197 Å². The van der Waals surface area contributed by atoms with Crippen LogP contribution in [0.5, 0.6) is 0 Å². The number of para-hydroxylation sites is 4. The molecule has 2 heteroatoms. The Balaban J connectivity index is 1.49. The fraction of sp³-hybridized carbons (Fsp3) is 0. The first kappa shape index (κ1) is 19.0. The summed E-state index contributed by atoms with van der Waals surface area (Å²) in [7, 11) is 0. The van der Waals surface area contributed by atoms with Gasteiger partial charge in [-0.15, -0.1) is 0 Å². The van der Waals surface area contributed by atoms with Gasteiger partial charge in [-0.1, -0.05) is 97.1 Å². The summed E-state index contributed by atoms with van der Waals surface area (Å²) in [6.45, 7) is 0. The summed E-state index contributed by atoms with van der Waals surface area (Å²) in [5.74, 6) is 0. The van der Waals surface area contributed by atoms with Gasteiger partial charge in [-0.2, -0.15) is 0 Å². The van der Waals surface area contributed by atoms with Crippen LogP contribution in [0.3, 0.4) is 0 Å². The van der Waals surface area contributed by atoms with Crippen LogP contribution in [-0.4, -0.2) is 9.97 Å². The van der Waals surface area contributed by atoms with Crippen molar-refractivity contribution < 1.29 is 0 Å². The molecule has 2 heterocycles. The molecule has 7 rings (SSSR count). The van der Waals surface area contributed by atoms with Crippen LogP contribution in [0.2, 0.25) is 0 Å². The van der Waals surface area contributed by atoms with Crippen molar-refractivity contribution in [3.8, 4) is 22.3 Å². The van der Waals surface area contributed by atoms with Crippen LogP contribution in [0.25, 0.3) is 65.9 Å². The van der Waals surface area contributed by atoms with Crippen LogP contribution < -0.4 is 0 Å². The average Bonchev–Trinajstić information content (AvgIpc) is 2.90. The molecule has 7 aromatic rings. The molecule has 34 heavy (non-hydrogen) atoms. The minimum Gasteiger partial charge on any atom is -0.248 e. The van der Waals surface area contributed by atoms with Crippen LogP contribution in [-0.2, 0) is 0 Å². The Kier molecular flexibility index (Phi) is 4.18. The summed E-state index contributed by atoms with van der Waals surface area (Å²) < 4.78 is 0. The van der Waals surface area contributed by atoms with Gasteiger partial charge in [0.05, 0.1) is 22.1 Å². The highest BCUT2D eigenvalue weighted by atomic mass is 14.7. The van der Waals surface area contributed by atoms with Crippen molar-refractivity contribution in [3.63, 3.8) is 0 Å². The predicted molar refractivity (Wildman–Crippen MR) is 143 cm³/mol. The lowest BCUT2D eigenvalue weighted by molar-refractivity contribution is 1.49. The normalized spacial score (nSPS) is 11.5. The van der Waals surface area contributed by atoms with E-state index in [1.807, 2.05) is 0 Å². The van der Waals surface area contributed by atoms with Crippen LogP contribution >= 0.6 is 0 Å². The molecule has 0 aliphatic heterocycles. The first-order valence-electron chi connectivity index (χ1n) is 11.5. The number of hydrogen-bond acceptors (Lipinski definition) is 2. The van der Waals surface area contributed by atoms with Crippen molar-refractivity contribution in [1.82, 2.24) is 9.97 Å². The van der Waals surface area contributed by atoms with Crippen molar-refractivity contribution in [2.45, 2.75) is 0 Å². The monoisotopic (exact) mass is 432 g/mol. The fourth-order valence-electron chi connectivity index (χ4n) is 5.11. The largest absolute Gasteiger partial charge is 0.248 e. The van der Waals surface area contributed by atoms with Crippen molar-refractivity contribution in [2.24, 2.45) is 0 Å². The van der Waals surface area contributed by atoms with E-state index < -0.39 is 0 Å². The molecule has 0 unspecified atom stereocenters. The lowest BCUT2D eigenvalue weighted by Gasteiger charge is -2.14. The molecular weight excluding hydrogens is 412 g/mol. The first-order chi connectivity index (χ1) is 16.9. The SMILES string of the molecule is c1ccc2c(-c3ccc(-c4c5ccccc5nc5ccccc45)cc3)c3ccccc3nc2c1.